The first-order valence-corrected chi connectivity index (χ1v) is 6.00. The van der Waals surface area contributed by atoms with Crippen LogP contribution in [0.2, 0.25) is 0 Å². The second-order valence-electron chi connectivity index (χ2n) is 4.71. The summed E-state index contributed by atoms with van der Waals surface area (Å²) in [6, 6.07) is 0.0226. The number of amides is 2. The van der Waals surface area contributed by atoms with Gasteiger partial charge < -0.3 is 20.1 Å². The molecule has 6 heteroatoms. The molecular weight excluding hydrogens is 224 g/mol. The number of carboxylic acid groups (broad SMARTS) is 1. The highest BCUT2D eigenvalue weighted by atomic mass is 16.5. The standard InChI is InChI=1S/C11H18N2O4/c14-10(15)5-8-1-3-13(6-8)11(16)12-9-2-4-17-7-9/h8-9H,1-7H2,(H,12,16)(H,14,15). The molecule has 0 spiro atoms. The lowest BCUT2D eigenvalue weighted by molar-refractivity contribution is -0.138. The average molecular weight is 242 g/mol. The Morgan fingerprint density at radius 1 is 1.41 bits per heavy atom. The summed E-state index contributed by atoms with van der Waals surface area (Å²) >= 11 is 0. The summed E-state index contributed by atoms with van der Waals surface area (Å²) in [6.07, 6.45) is 1.79. The Balaban J connectivity index is 1.75. The van der Waals surface area contributed by atoms with E-state index >= 15 is 0 Å². The maximum atomic E-state index is 11.8. The van der Waals surface area contributed by atoms with Crippen molar-refractivity contribution in [3.63, 3.8) is 0 Å². The first kappa shape index (κ1) is 12.2. The van der Waals surface area contributed by atoms with Crippen molar-refractivity contribution >= 4 is 12.0 Å². The van der Waals surface area contributed by atoms with Gasteiger partial charge in [-0.25, -0.2) is 4.79 Å². The second kappa shape index (κ2) is 5.35. The van der Waals surface area contributed by atoms with Gasteiger partial charge in [-0.05, 0) is 18.8 Å². The minimum absolute atomic E-state index is 0.0895. The van der Waals surface area contributed by atoms with Gasteiger partial charge in [0.1, 0.15) is 0 Å². The highest BCUT2D eigenvalue weighted by Crippen LogP contribution is 2.19. The van der Waals surface area contributed by atoms with E-state index in [1.807, 2.05) is 0 Å². The number of carbonyl (C=O) groups excluding carboxylic acids is 1. The van der Waals surface area contributed by atoms with Gasteiger partial charge in [0, 0.05) is 26.1 Å². The minimum atomic E-state index is -0.790. The predicted octanol–water partition coefficient (Wildman–Crippen LogP) is 0.281. The van der Waals surface area contributed by atoms with Crippen LogP contribution in [0, 0.1) is 5.92 Å². The summed E-state index contributed by atoms with van der Waals surface area (Å²) in [5, 5.41) is 11.6. The van der Waals surface area contributed by atoms with Crippen molar-refractivity contribution in [3.05, 3.63) is 0 Å². The summed E-state index contributed by atoms with van der Waals surface area (Å²) in [6.45, 7) is 2.48. The second-order valence-corrected chi connectivity index (χ2v) is 4.71. The van der Waals surface area contributed by atoms with Crippen molar-refractivity contribution in [2.75, 3.05) is 26.3 Å². The average Bonchev–Trinajstić information content (AvgIpc) is 2.87. The van der Waals surface area contributed by atoms with Crippen LogP contribution in [-0.2, 0) is 9.53 Å². The molecule has 2 saturated heterocycles. The summed E-state index contributed by atoms with van der Waals surface area (Å²) in [4.78, 5) is 24.1. The molecule has 2 rings (SSSR count). The maximum Gasteiger partial charge on any atom is 0.317 e. The zero-order valence-electron chi connectivity index (χ0n) is 9.72. The fourth-order valence-corrected chi connectivity index (χ4v) is 2.34. The van der Waals surface area contributed by atoms with Crippen LogP contribution in [0.1, 0.15) is 19.3 Å². The van der Waals surface area contributed by atoms with Gasteiger partial charge in [-0.1, -0.05) is 0 Å². The smallest absolute Gasteiger partial charge is 0.317 e. The van der Waals surface area contributed by atoms with E-state index in [4.69, 9.17) is 9.84 Å². The molecule has 0 radical (unpaired) electrons. The number of carboxylic acids is 1. The summed E-state index contributed by atoms with van der Waals surface area (Å²) in [7, 11) is 0. The molecule has 96 valence electrons. The quantitative estimate of drug-likeness (QED) is 0.745. The zero-order valence-corrected chi connectivity index (χ0v) is 9.72. The number of aliphatic carboxylic acids is 1. The van der Waals surface area contributed by atoms with Gasteiger partial charge in [-0.3, -0.25) is 4.79 Å². The fraction of sp³-hybridized carbons (Fsp3) is 0.818. The Morgan fingerprint density at radius 2 is 2.24 bits per heavy atom. The lowest BCUT2D eigenvalue weighted by Gasteiger charge is -2.19. The molecule has 2 aliphatic heterocycles. The zero-order chi connectivity index (χ0) is 12.3. The molecule has 0 saturated carbocycles. The van der Waals surface area contributed by atoms with Crippen LogP contribution in [0.5, 0.6) is 0 Å². The summed E-state index contributed by atoms with van der Waals surface area (Å²) < 4.78 is 5.18. The van der Waals surface area contributed by atoms with Crippen LogP contribution in [0.4, 0.5) is 4.79 Å². The molecule has 2 fully saturated rings. The van der Waals surface area contributed by atoms with E-state index in [1.165, 1.54) is 0 Å². The highest BCUT2D eigenvalue weighted by Gasteiger charge is 2.29. The number of hydrogen-bond donors (Lipinski definition) is 2. The number of nitrogens with one attached hydrogen (secondary N) is 1. The molecule has 0 bridgehead atoms. The van der Waals surface area contributed by atoms with Gasteiger partial charge in [0.15, 0.2) is 0 Å². The molecule has 0 aromatic heterocycles. The van der Waals surface area contributed by atoms with Crippen LogP contribution in [0.15, 0.2) is 0 Å². The topological polar surface area (TPSA) is 78.9 Å². The normalized spacial score (nSPS) is 28.4. The lowest BCUT2D eigenvalue weighted by Crippen LogP contribution is -2.44. The SMILES string of the molecule is O=C(O)CC1CCN(C(=O)NC2CCOC2)C1. The molecule has 2 aliphatic rings. The third kappa shape index (κ3) is 3.33. The Kier molecular flexibility index (Phi) is 3.83. The predicted molar refractivity (Wildman–Crippen MR) is 59.7 cm³/mol. The van der Waals surface area contributed by atoms with Crippen LogP contribution in [0.25, 0.3) is 0 Å². The molecule has 2 atom stereocenters. The van der Waals surface area contributed by atoms with Crippen molar-refractivity contribution in [1.29, 1.82) is 0 Å². The monoisotopic (exact) mass is 242 g/mol. The molecular formula is C11H18N2O4. The lowest BCUT2D eigenvalue weighted by atomic mass is 10.1. The Labute approximate surface area is 99.9 Å². The van der Waals surface area contributed by atoms with Gasteiger partial charge in [0.25, 0.3) is 0 Å². The van der Waals surface area contributed by atoms with Crippen molar-refractivity contribution < 1.29 is 19.4 Å². The molecule has 0 aliphatic carbocycles. The van der Waals surface area contributed by atoms with Gasteiger partial charge in [0.05, 0.1) is 12.6 Å². The van der Waals surface area contributed by atoms with Crippen LogP contribution in [0.3, 0.4) is 0 Å². The third-order valence-corrected chi connectivity index (χ3v) is 3.29. The van der Waals surface area contributed by atoms with Crippen LogP contribution >= 0.6 is 0 Å². The first-order chi connectivity index (χ1) is 8.15. The largest absolute Gasteiger partial charge is 0.481 e. The van der Waals surface area contributed by atoms with Crippen LogP contribution < -0.4 is 5.32 Å². The van der Waals surface area contributed by atoms with E-state index in [2.05, 4.69) is 5.32 Å². The van der Waals surface area contributed by atoms with E-state index in [0.717, 1.165) is 12.8 Å². The molecule has 17 heavy (non-hydrogen) atoms. The van der Waals surface area contributed by atoms with Crippen molar-refractivity contribution in [1.82, 2.24) is 10.2 Å². The number of likely N-dealkylation sites (tertiary alicyclic amines) is 1. The van der Waals surface area contributed by atoms with E-state index in [1.54, 1.807) is 4.90 Å². The van der Waals surface area contributed by atoms with Gasteiger partial charge in [0.2, 0.25) is 0 Å². The Hall–Kier alpha value is -1.30. The molecule has 2 heterocycles. The Bertz CT molecular complexity index is 302. The van der Waals surface area contributed by atoms with E-state index < -0.39 is 5.97 Å². The number of nitrogens with zero attached hydrogens (tertiary/aromatic N) is 1. The van der Waals surface area contributed by atoms with Crippen molar-refractivity contribution in [3.8, 4) is 0 Å². The van der Waals surface area contributed by atoms with E-state index in [0.29, 0.717) is 26.3 Å². The molecule has 0 aromatic carbocycles. The van der Waals surface area contributed by atoms with E-state index in [9.17, 15) is 9.59 Å². The van der Waals surface area contributed by atoms with Crippen molar-refractivity contribution in [2.24, 2.45) is 5.92 Å². The Morgan fingerprint density at radius 3 is 2.88 bits per heavy atom. The number of hydrogen-bond acceptors (Lipinski definition) is 3. The maximum absolute atomic E-state index is 11.8. The highest BCUT2D eigenvalue weighted by molar-refractivity contribution is 5.75. The van der Waals surface area contributed by atoms with Crippen LogP contribution in [-0.4, -0.2) is 54.4 Å². The molecule has 2 N–H and O–H groups in total. The number of urea groups is 1. The van der Waals surface area contributed by atoms with E-state index in [-0.39, 0.29) is 24.4 Å². The number of ether oxygens (including phenoxy) is 1. The molecule has 2 unspecified atom stereocenters. The van der Waals surface area contributed by atoms with Gasteiger partial charge in [-0.2, -0.15) is 0 Å². The molecule has 2 amide bonds. The number of rotatable bonds is 3. The number of carbonyl (C=O) groups is 2. The third-order valence-electron chi connectivity index (χ3n) is 3.29. The summed E-state index contributed by atoms with van der Waals surface area (Å²) in [5.41, 5.74) is 0. The fourth-order valence-electron chi connectivity index (χ4n) is 2.34. The minimum Gasteiger partial charge on any atom is -0.481 e. The molecule has 6 nitrogen and oxygen atoms in total. The summed E-state index contributed by atoms with van der Waals surface area (Å²) in [5.74, 6) is -0.695. The van der Waals surface area contributed by atoms with Gasteiger partial charge in [-0.15, -0.1) is 0 Å². The molecule has 0 aromatic rings. The van der Waals surface area contributed by atoms with Gasteiger partial charge >= 0.3 is 12.0 Å². The first-order valence-electron chi connectivity index (χ1n) is 6.00. The van der Waals surface area contributed by atoms with Crippen molar-refractivity contribution in [2.45, 2.75) is 25.3 Å².